The highest BCUT2D eigenvalue weighted by Crippen LogP contribution is 2.38. The van der Waals surface area contributed by atoms with E-state index in [1.54, 1.807) is 6.07 Å². The second-order valence-electron chi connectivity index (χ2n) is 2.25. The molecule has 0 heterocycles. The summed E-state index contributed by atoms with van der Waals surface area (Å²) in [5.74, 6) is 1.46. The lowest BCUT2D eigenvalue weighted by Crippen LogP contribution is -1.94. The van der Waals surface area contributed by atoms with Crippen LogP contribution in [0.15, 0.2) is 6.07 Å². The van der Waals surface area contributed by atoms with Crippen LogP contribution in [-0.2, 0) is 0 Å². The van der Waals surface area contributed by atoms with Crippen LogP contribution in [0.4, 0.5) is 0 Å². The molecule has 0 amide bonds. The Morgan fingerprint density at radius 2 is 1.85 bits per heavy atom. The lowest BCUT2D eigenvalue weighted by atomic mass is 10.3. The first-order valence-electron chi connectivity index (χ1n) is 3.60. The second kappa shape index (κ2) is 4.23. The highest BCUT2D eigenvalue weighted by molar-refractivity contribution is 6.30. The van der Waals surface area contributed by atoms with Crippen molar-refractivity contribution >= 4 is 11.6 Å². The van der Waals surface area contributed by atoms with Gasteiger partial charge in [-0.05, 0) is 0 Å². The number of halogens is 1. The van der Waals surface area contributed by atoms with Crippen molar-refractivity contribution in [2.24, 2.45) is 0 Å². The minimum absolute atomic E-state index is 0.425. The maximum atomic E-state index is 5.77. The van der Waals surface area contributed by atoms with Gasteiger partial charge in [-0.15, -0.1) is 0 Å². The number of hydrogen-bond donors (Lipinski definition) is 0. The first-order valence-corrected chi connectivity index (χ1v) is 3.98. The zero-order valence-corrected chi connectivity index (χ0v) is 8.44. The average molecular weight is 202 g/mol. The first kappa shape index (κ1) is 9.99. The summed E-state index contributed by atoms with van der Waals surface area (Å²) >= 11 is 5.77. The minimum atomic E-state index is 0.425. The molecule has 0 spiro atoms. The molecular weight excluding hydrogens is 192 g/mol. The quantitative estimate of drug-likeness (QED) is 0.750. The molecule has 0 N–H and O–H groups in total. The van der Waals surface area contributed by atoms with E-state index in [-0.39, 0.29) is 0 Å². The molecule has 0 atom stereocenters. The van der Waals surface area contributed by atoms with Crippen molar-refractivity contribution in [3.63, 3.8) is 0 Å². The average Bonchev–Trinajstić information content (AvgIpc) is 2.16. The molecule has 3 nitrogen and oxygen atoms in total. The van der Waals surface area contributed by atoms with Crippen LogP contribution < -0.4 is 14.2 Å². The zero-order valence-electron chi connectivity index (χ0n) is 7.68. The third kappa shape index (κ3) is 1.98. The maximum absolute atomic E-state index is 5.77. The van der Waals surface area contributed by atoms with Crippen molar-refractivity contribution in [1.29, 1.82) is 0 Å². The molecule has 1 rings (SSSR count). The van der Waals surface area contributed by atoms with E-state index in [0.29, 0.717) is 22.3 Å². The molecule has 1 radical (unpaired) electrons. The highest BCUT2D eigenvalue weighted by atomic mass is 35.5. The van der Waals surface area contributed by atoms with Crippen LogP contribution in [-0.4, -0.2) is 21.3 Å². The van der Waals surface area contributed by atoms with Crippen molar-refractivity contribution in [1.82, 2.24) is 0 Å². The summed E-state index contributed by atoms with van der Waals surface area (Å²) in [4.78, 5) is 0. The van der Waals surface area contributed by atoms with E-state index < -0.39 is 0 Å². The van der Waals surface area contributed by atoms with Crippen LogP contribution in [0, 0.1) is 6.07 Å². The Kier molecular flexibility index (Phi) is 3.25. The second-order valence-corrected chi connectivity index (χ2v) is 2.66. The van der Waals surface area contributed by atoms with Crippen LogP contribution in [0.3, 0.4) is 0 Å². The van der Waals surface area contributed by atoms with Crippen LogP contribution in [0.2, 0.25) is 5.02 Å². The Morgan fingerprint density at radius 1 is 1.15 bits per heavy atom. The zero-order chi connectivity index (χ0) is 9.84. The summed E-state index contributed by atoms with van der Waals surface area (Å²) in [5, 5.41) is 0.425. The molecule has 0 aliphatic carbocycles. The van der Waals surface area contributed by atoms with Gasteiger partial charge in [0, 0.05) is 6.07 Å². The summed E-state index contributed by atoms with van der Waals surface area (Å²) in [7, 11) is 4.58. The van der Waals surface area contributed by atoms with Crippen LogP contribution in [0.1, 0.15) is 0 Å². The molecule has 0 fully saturated rings. The number of hydrogen-bond acceptors (Lipinski definition) is 3. The van der Waals surface area contributed by atoms with Crippen molar-refractivity contribution in [2.45, 2.75) is 0 Å². The van der Waals surface area contributed by atoms with E-state index in [1.165, 1.54) is 21.3 Å². The van der Waals surface area contributed by atoms with E-state index in [9.17, 15) is 0 Å². The molecule has 0 saturated carbocycles. The Hall–Kier alpha value is -1.09. The first-order chi connectivity index (χ1) is 6.22. The summed E-state index contributed by atoms with van der Waals surface area (Å²) < 4.78 is 15.1. The summed E-state index contributed by atoms with van der Waals surface area (Å²) in [5.41, 5.74) is 0. The predicted octanol–water partition coefficient (Wildman–Crippen LogP) is 2.17. The molecule has 0 aliphatic heterocycles. The molecule has 1 aromatic carbocycles. The van der Waals surface area contributed by atoms with E-state index >= 15 is 0 Å². The summed E-state index contributed by atoms with van der Waals surface area (Å²) in [6.45, 7) is 0. The molecule has 0 saturated heterocycles. The summed E-state index contributed by atoms with van der Waals surface area (Å²) in [6, 6.07) is 4.40. The number of ether oxygens (including phenoxy) is 3. The lowest BCUT2D eigenvalue weighted by molar-refractivity contribution is 0.324. The Morgan fingerprint density at radius 3 is 2.31 bits per heavy atom. The van der Waals surface area contributed by atoms with Gasteiger partial charge in [-0.2, -0.15) is 0 Å². The maximum Gasteiger partial charge on any atom is 0.204 e. The minimum Gasteiger partial charge on any atom is -0.493 e. The Balaban J connectivity index is 3.25. The van der Waals surface area contributed by atoms with Gasteiger partial charge in [-0.25, -0.2) is 0 Å². The van der Waals surface area contributed by atoms with E-state index in [4.69, 9.17) is 25.8 Å². The predicted molar refractivity (Wildman–Crippen MR) is 49.9 cm³/mol. The number of rotatable bonds is 3. The van der Waals surface area contributed by atoms with Crippen LogP contribution >= 0.6 is 11.6 Å². The number of methoxy groups -OCH3 is 3. The van der Waals surface area contributed by atoms with Crippen LogP contribution in [0.5, 0.6) is 17.2 Å². The molecule has 0 aliphatic rings. The highest BCUT2D eigenvalue weighted by Gasteiger charge is 2.12. The molecular formula is C9H10ClO3. The van der Waals surface area contributed by atoms with Gasteiger partial charge in [0.25, 0.3) is 0 Å². The monoisotopic (exact) mass is 201 g/mol. The molecule has 4 heteroatoms. The Labute approximate surface area is 82.2 Å². The largest absolute Gasteiger partial charge is 0.493 e. The van der Waals surface area contributed by atoms with Gasteiger partial charge in [0.15, 0.2) is 11.5 Å². The van der Waals surface area contributed by atoms with Crippen molar-refractivity contribution in [2.75, 3.05) is 21.3 Å². The third-order valence-electron chi connectivity index (χ3n) is 1.55. The van der Waals surface area contributed by atoms with Gasteiger partial charge >= 0.3 is 0 Å². The van der Waals surface area contributed by atoms with Crippen LogP contribution in [0.25, 0.3) is 0 Å². The van der Waals surface area contributed by atoms with Gasteiger partial charge in [0.2, 0.25) is 5.75 Å². The van der Waals surface area contributed by atoms with Crippen molar-refractivity contribution in [3.05, 3.63) is 17.2 Å². The van der Waals surface area contributed by atoms with Crippen molar-refractivity contribution < 1.29 is 14.2 Å². The van der Waals surface area contributed by atoms with E-state index in [0.717, 1.165) is 0 Å². The summed E-state index contributed by atoms with van der Waals surface area (Å²) in [6.07, 6.45) is 0. The standard InChI is InChI=1S/C9H10ClO3/c1-11-7-4-6(10)5-8(12-2)9(7)13-3/h4H,1-3H3. The number of benzene rings is 1. The van der Waals surface area contributed by atoms with Gasteiger partial charge in [0.05, 0.1) is 32.4 Å². The molecule has 13 heavy (non-hydrogen) atoms. The van der Waals surface area contributed by atoms with Gasteiger partial charge in [-0.3, -0.25) is 0 Å². The molecule has 71 valence electrons. The van der Waals surface area contributed by atoms with E-state index in [1.807, 2.05) is 0 Å². The third-order valence-corrected chi connectivity index (χ3v) is 1.75. The molecule has 0 unspecified atom stereocenters. The van der Waals surface area contributed by atoms with Gasteiger partial charge in [-0.1, -0.05) is 11.6 Å². The van der Waals surface area contributed by atoms with E-state index in [2.05, 4.69) is 6.07 Å². The van der Waals surface area contributed by atoms with Gasteiger partial charge < -0.3 is 14.2 Å². The topological polar surface area (TPSA) is 27.7 Å². The lowest BCUT2D eigenvalue weighted by Gasteiger charge is -2.11. The molecule has 0 bridgehead atoms. The smallest absolute Gasteiger partial charge is 0.204 e. The SMILES string of the molecule is COc1[c]c(Cl)cc(OC)c1OC. The fourth-order valence-electron chi connectivity index (χ4n) is 0.982. The fourth-order valence-corrected chi connectivity index (χ4v) is 1.17. The van der Waals surface area contributed by atoms with Gasteiger partial charge in [0.1, 0.15) is 0 Å². The fraction of sp³-hybridized carbons (Fsp3) is 0.333. The molecule has 0 aromatic heterocycles. The normalized spacial score (nSPS) is 9.54. The Bertz CT molecular complexity index is 274. The van der Waals surface area contributed by atoms with Crippen molar-refractivity contribution in [3.8, 4) is 17.2 Å². The molecule has 1 aromatic rings.